The molecule has 0 saturated heterocycles. The maximum absolute atomic E-state index is 5.96. The highest BCUT2D eigenvalue weighted by Gasteiger charge is 2.22. The van der Waals surface area contributed by atoms with Gasteiger partial charge in [0.2, 0.25) is 5.90 Å². The van der Waals surface area contributed by atoms with Crippen LogP contribution in [0.1, 0.15) is 34.9 Å². The molecule has 0 N–H and O–H groups in total. The summed E-state index contributed by atoms with van der Waals surface area (Å²) >= 11 is 0. The van der Waals surface area contributed by atoms with Gasteiger partial charge in [0.25, 0.3) is 0 Å². The topological polar surface area (TPSA) is 46.8 Å². The number of nitrogens with zero attached hydrogens (tertiary/aromatic N) is 3. The number of benzene rings is 3. The Balaban J connectivity index is 1.49. The molecule has 0 bridgehead atoms. The maximum atomic E-state index is 5.96. The van der Waals surface area contributed by atoms with Crippen LogP contribution < -0.4 is 0 Å². The molecule has 1 aliphatic heterocycles. The fourth-order valence-corrected chi connectivity index (χ4v) is 4.31. The number of hydrogen-bond donors (Lipinski definition) is 0. The zero-order valence-corrected chi connectivity index (χ0v) is 19.2. The molecule has 1 atom stereocenters. The number of hydrogen-bond acceptors (Lipinski definition) is 4. The molecule has 33 heavy (non-hydrogen) atoms. The lowest BCUT2D eigenvalue weighted by Gasteiger charge is -2.10. The van der Waals surface area contributed by atoms with E-state index in [1.54, 1.807) is 0 Å². The third kappa shape index (κ3) is 4.42. The summed E-state index contributed by atoms with van der Waals surface area (Å²) in [4.78, 5) is 14.8. The van der Waals surface area contributed by atoms with Crippen LogP contribution in [0.3, 0.4) is 0 Å². The molecule has 1 aliphatic rings. The number of pyridine rings is 1. The zero-order valence-electron chi connectivity index (χ0n) is 19.2. The van der Waals surface area contributed by atoms with Crippen molar-refractivity contribution in [2.24, 2.45) is 9.98 Å². The Hall–Kier alpha value is -3.79. The molecule has 0 fully saturated rings. The molecule has 0 spiro atoms. The molecule has 4 aromatic rings. The molecule has 3 aromatic carbocycles. The van der Waals surface area contributed by atoms with Gasteiger partial charge in [-0.2, -0.15) is 0 Å². The van der Waals surface area contributed by atoms with Gasteiger partial charge in [-0.25, -0.2) is 9.98 Å². The van der Waals surface area contributed by atoms with Gasteiger partial charge in [0.15, 0.2) is 0 Å². The largest absolute Gasteiger partial charge is 0.474 e. The molecule has 2 heterocycles. The van der Waals surface area contributed by atoms with E-state index in [0.717, 1.165) is 40.0 Å². The predicted octanol–water partition coefficient (Wildman–Crippen LogP) is 6.38. The normalized spacial score (nSPS) is 16.0. The second-order valence-electron chi connectivity index (χ2n) is 8.60. The number of aryl methyl sites for hydroxylation is 2. The fourth-order valence-electron chi connectivity index (χ4n) is 4.31. The quantitative estimate of drug-likeness (QED) is 0.343. The van der Waals surface area contributed by atoms with E-state index in [9.17, 15) is 0 Å². The molecular weight excluding hydrogens is 406 g/mol. The SMILES string of the molecule is CC(=Nc1c(C)cccc1C)c1cccc2ccc(C3=NC(Cc4ccccc4)CO3)nc12. The average molecular weight is 434 g/mol. The lowest BCUT2D eigenvalue weighted by molar-refractivity contribution is 0.316. The van der Waals surface area contributed by atoms with E-state index in [4.69, 9.17) is 19.7 Å². The van der Waals surface area contributed by atoms with Crippen molar-refractivity contribution in [3.63, 3.8) is 0 Å². The highest BCUT2D eigenvalue weighted by molar-refractivity contribution is 6.10. The molecule has 0 amide bonds. The minimum absolute atomic E-state index is 0.113. The number of fused-ring (bicyclic) bond motifs is 1. The molecule has 0 radical (unpaired) electrons. The van der Waals surface area contributed by atoms with Gasteiger partial charge in [-0.3, -0.25) is 4.99 Å². The standard InChI is InChI=1S/C29H27N3O/c1-19-9-7-10-20(2)27(19)30-21(3)25-14-8-13-23-15-16-26(32-28(23)25)29-31-24(18-33-29)17-22-11-5-4-6-12-22/h4-16,24H,17-18H2,1-3H3. The lowest BCUT2D eigenvalue weighted by atomic mass is 10.0. The van der Waals surface area contributed by atoms with E-state index in [-0.39, 0.29) is 6.04 Å². The Morgan fingerprint density at radius 1 is 0.909 bits per heavy atom. The van der Waals surface area contributed by atoms with E-state index in [0.29, 0.717) is 12.5 Å². The minimum atomic E-state index is 0.113. The van der Waals surface area contributed by atoms with Gasteiger partial charge in [0.05, 0.1) is 17.2 Å². The van der Waals surface area contributed by atoms with Crippen LogP contribution >= 0.6 is 0 Å². The van der Waals surface area contributed by atoms with E-state index >= 15 is 0 Å². The van der Waals surface area contributed by atoms with Crippen molar-refractivity contribution in [1.82, 2.24) is 4.98 Å². The fraction of sp³-hybridized carbons (Fsp3) is 0.207. The zero-order chi connectivity index (χ0) is 22.8. The van der Waals surface area contributed by atoms with Gasteiger partial charge in [-0.05, 0) is 49.9 Å². The van der Waals surface area contributed by atoms with E-state index < -0.39 is 0 Å². The summed E-state index contributed by atoms with van der Waals surface area (Å²) < 4.78 is 5.96. The Morgan fingerprint density at radius 3 is 2.45 bits per heavy atom. The molecule has 1 aromatic heterocycles. The first-order valence-electron chi connectivity index (χ1n) is 11.3. The van der Waals surface area contributed by atoms with Crippen molar-refractivity contribution in [1.29, 1.82) is 0 Å². The van der Waals surface area contributed by atoms with Crippen molar-refractivity contribution in [3.8, 4) is 0 Å². The summed E-state index contributed by atoms with van der Waals surface area (Å²) in [6.45, 7) is 6.83. The first-order chi connectivity index (χ1) is 16.1. The van der Waals surface area contributed by atoms with Gasteiger partial charge in [-0.15, -0.1) is 0 Å². The number of aromatic nitrogens is 1. The van der Waals surface area contributed by atoms with Crippen molar-refractivity contribution in [3.05, 3.63) is 107 Å². The second-order valence-corrected chi connectivity index (χ2v) is 8.60. The summed E-state index contributed by atoms with van der Waals surface area (Å²) in [5, 5.41) is 1.08. The Labute approximate surface area is 194 Å². The number of para-hydroxylation sites is 2. The van der Waals surface area contributed by atoms with Crippen LogP contribution in [-0.2, 0) is 11.2 Å². The molecule has 1 unspecified atom stereocenters. The molecule has 5 rings (SSSR count). The van der Waals surface area contributed by atoms with Crippen LogP contribution in [0.15, 0.2) is 88.8 Å². The van der Waals surface area contributed by atoms with Gasteiger partial charge in [0.1, 0.15) is 12.3 Å². The average Bonchev–Trinajstić information content (AvgIpc) is 3.30. The van der Waals surface area contributed by atoms with Crippen molar-refractivity contribution < 1.29 is 4.74 Å². The monoisotopic (exact) mass is 433 g/mol. The molecule has 0 aliphatic carbocycles. The minimum Gasteiger partial charge on any atom is -0.474 e. The van der Waals surface area contributed by atoms with Crippen LogP contribution in [0.25, 0.3) is 10.9 Å². The first-order valence-corrected chi connectivity index (χ1v) is 11.3. The van der Waals surface area contributed by atoms with Gasteiger partial charge >= 0.3 is 0 Å². The summed E-state index contributed by atoms with van der Waals surface area (Å²) in [5.41, 5.74) is 8.28. The molecule has 0 saturated carbocycles. The van der Waals surface area contributed by atoms with Crippen molar-refractivity contribution >= 4 is 28.2 Å². The van der Waals surface area contributed by atoms with Crippen LogP contribution in [0.5, 0.6) is 0 Å². The third-order valence-corrected chi connectivity index (χ3v) is 6.07. The second kappa shape index (κ2) is 8.99. The van der Waals surface area contributed by atoms with Crippen LogP contribution in [0.2, 0.25) is 0 Å². The Morgan fingerprint density at radius 2 is 1.67 bits per heavy atom. The van der Waals surface area contributed by atoms with E-state index in [1.165, 1.54) is 16.7 Å². The van der Waals surface area contributed by atoms with Crippen LogP contribution in [-0.4, -0.2) is 29.2 Å². The summed E-state index contributed by atoms with van der Waals surface area (Å²) in [5.74, 6) is 0.622. The summed E-state index contributed by atoms with van der Waals surface area (Å²) in [7, 11) is 0. The Kier molecular flexibility index (Phi) is 5.74. The van der Waals surface area contributed by atoms with Crippen molar-refractivity contribution in [2.45, 2.75) is 33.2 Å². The molecule has 4 nitrogen and oxygen atoms in total. The van der Waals surface area contributed by atoms with Crippen LogP contribution in [0, 0.1) is 13.8 Å². The van der Waals surface area contributed by atoms with Gasteiger partial charge in [0, 0.05) is 16.7 Å². The smallest absolute Gasteiger partial charge is 0.235 e. The van der Waals surface area contributed by atoms with Crippen molar-refractivity contribution in [2.75, 3.05) is 6.61 Å². The summed E-state index contributed by atoms with van der Waals surface area (Å²) in [6.07, 6.45) is 0.866. The molecular formula is C29H27N3O. The Bertz CT molecular complexity index is 1350. The van der Waals surface area contributed by atoms with Gasteiger partial charge < -0.3 is 4.74 Å². The highest BCUT2D eigenvalue weighted by atomic mass is 16.5. The number of rotatable bonds is 5. The molecule has 164 valence electrons. The number of aliphatic imine (C=N–C) groups is 2. The predicted molar refractivity (Wildman–Crippen MR) is 136 cm³/mol. The van der Waals surface area contributed by atoms with Crippen LogP contribution in [0.4, 0.5) is 5.69 Å². The third-order valence-electron chi connectivity index (χ3n) is 6.07. The maximum Gasteiger partial charge on any atom is 0.235 e. The lowest BCUT2D eigenvalue weighted by Crippen LogP contribution is -2.09. The first kappa shape index (κ1) is 21.1. The molecule has 4 heteroatoms. The number of ether oxygens (including phenoxy) is 1. The van der Waals surface area contributed by atoms with Gasteiger partial charge in [-0.1, -0.05) is 72.8 Å². The summed E-state index contributed by atoms with van der Waals surface area (Å²) in [6, 6.07) is 27.1. The van der Waals surface area contributed by atoms with E-state index in [2.05, 4.69) is 87.5 Å². The highest BCUT2D eigenvalue weighted by Crippen LogP contribution is 2.26. The van der Waals surface area contributed by atoms with E-state index in [1.807, 2.05) is 12.1 Å².